The number of nitrogens with zero attached hydrogens (tertiary/aromatic N) is 1. The van der Waals surface area contributed by atoms with Crippen molar-refractivity contribution in [2.45, 2.75) is 12.8 Å². The Hall–Kier alpha value is -2.37. The van der Waals surface area contributed by atoms with E-state index in [2.05, 4.69) is 15.8 Å². The highest BCUT2D eigenvalue weighted by molar-refractivity contribution is 6.36. The van der Waals surface area contributed by atoms with Gasteiger partial charge in [-0.05, 0) is 24.3 Å². The van der Waals surface area contributed by atoms with Crippen molar-refractivity contribution in [2.75, 3.05) is 5.32 Å². The van der Waals surface area contributed by atoms with Gasteiger partial charge in [0.15, 0.2) is 0 Å². The van der Waals surface area contributed by atoms with E-state index in [1.54, 1.807) is 30.3 Å². The summed E-state index contributed by atoms with van der Waals surface area (Å²) in [6.45, 7) is 0. The Bertz CT molecular complexity index is 749. The third-order valence-corrected chi connectivity index (χ3v) is 3.55. The third kappa shape index (κ3) is 6.02. The van der Waals surface area contributed by atoms with E-state index in [1.165, 1.54) is 6.21 Å². The van der Waals surface area contributed by atoms with Gasteiger partial charge in [0.05, 0.1) is 11.2 Å². The molecule has 0 bridgehead atoms. The standard InChI is InChI=1S/C17H15Cl2N3O2/c18-13-7-6-12(15(19)10-13)11-20-22-17(24)9-8-16(23)21-14-4-2-1-3-5-14/h1-7,10-11H,8-9H2,(H,21,23)(H,22,24)/b20-11-. The van der Waals surface area contributed by atoms with E-state index in [4.69, 9.17) is 23.2 Å². The molecule has 0 fully saturated rings. The molecule has 2 amide bonds. The highest BCUT2D eigenvalue weighted by Crippen LogP contribution is 2.19. The maximum Gasteiger partial charge on any atom is 0.240 e. The quantitative estimate of drug-likeness (QED) is 0.604. The van der Waals surface area contributed by atoms with Gasteiger partial charge in [0.2, 0.25) is 11.8 Å². The maximum absolute atomic E-state index is 11.7. The maximum atomic E-state index is 11.7. The molecule has 0 spiro atoms. The van der Waals surface area contributed by atoms with E-state index >= 15 is 0 Å². The summed E-state index contributed by atoms with van der Waals surface area (Å²) in [5.74, 6) is -0.597. The SMILES string of the molecule is O=C(CCC(=O)Nc1ccccc1)N/N=C\c1ccc(Cl)cc1Cl. The predicted molar refractivity (Wildman–Crippen MR) is 96.5 cm³/mol. The lowest BCUT2D eigenvalue weighted by molar-refractivity contribution is -0.124. The van der Waals surface area contributed by atoms with Crippen LogP contribution in [0.4, 0.5) is 5.69 Å². The molecule has 7 heteroatoms. The highest BCUT2D eigenvalue weighted by atomic mass is 35.5. The minimum absolute atomic E-state index is 0.0321. The van der Waals surface area contributed by atoms with Crippen molar-refractivity contribution in [3.05, 3.63) is 64.1 Å². The summed E-state index contributed by atoms with van der Waals surface area (Å²) in [5, 5.41) is 7.47. The number of halogens is 2. The largest absolute Gasteiger partial charge is 0.326 e. The zero-order chi connectivity index (χ0) is 17.4. The van der Waals surface area contributed by atoms with Gasteiger partial charge in [-0.25, -0.2) is 5.43 Å². The summed E-state index contributed by atoms with van der Waals surface area (Å²) >= 11 is 11.8. The van der Waals surface area contributed by atoms with Crippen LogP contribution >= 0.6 is 23.2 Å². The van der Waals surface area contributed by atoms with Crippen molar-refractivity contribution in [1.29, 1.82) is 0 Å². The Morgan fingerprint density at radius 3 is 2.42 bits per heavy atom. The van der Waals surface area contributed by atoms with Gasteiger partial charge in [0.1, 0.15) is 0 Å². The molecule has 0 aliphatic carbocycles. The molecule has 2 aromatic rings. The van der Waals surface area contributed by atoms with Crippen LogP contribution in [0.25, 0.3) is 0 Å². The van der Waals surface area contributed by atoms with E-state index in [0.717, 1.165) is 0 Å². The predicted octanol–water partition coefficient (Wildman–Crippen LogP) is 3.86. The van der Waals surface area contributed by atoms with Gasteiger partial charge in [0, 0.05) is 29.1 Å². The number of anilines is 1. The van der Waals surface area contributed by atoms with Gasteiger partial charge in [-0.2, -0.15) is 5.10 Å². The number of hydrazone groups is 1. The Kier molecular flexibility index (Phi) is 6.78. The molecule has 5 nitrogen and oxygen atoms in total. The molecule has 24 heavy (non-hydrogen) atoms. The summed E-state index contributed by atoms with van der Waals surface area (Å²) in [6, 6.07) is 14.0. The summed E-state index contributed by atoms with van der Waals surface area (Å²) < 4.78 is 0. The van der Waals surface area contributed by atoms with Crippen LogP contribution in [0.5, 0.6) is 0 Å². The number of hydrogen-bond donors (Lipinski definition) is 2. The summed E-state index contributed by atoms with van der Waals surface area (Å²) in [5.41, 5.74) is 3.67. The smallest absolute Gasteiger partial charge is 0.240 e. The molecule has 2 N–H and O–H groups in total. The first-order chi connectivity index (χ1) is 11.5. The normalized spacial score (nSPS) is 10.6. The molecular weight excluding hydrogens is 349 g/mol. The Morgan fingerprint density at radius 1 is 1.00 bits per heavy atom. The molecular formula is C17H15Cl2N3O2. The molecule has 0 radical (unpaired) electrons. The number of nitrogens with one attached hydrogen (secondary N) is 2. The first kappa shape index (κ1) is 18.0. The minimum atomic E-state index is -0.362. The molecule has 0 aliphatic heterocycles. The van der Waals surface area contributed by atoms with Crippen LogP contribution < -0.4 is 10.7 Å². The summed E-state index contributed by atoms with van der Waals surface area (Å²) in [6.07, 6.45) is 1.52. The zero-order valence-corrected chi connectivity index (χ0v) is 14.1. The molecule has 0 saturated heterocycles. The Balaban J connectivity index is 1.75. The fraction of sp³-hybridized carbons (Fsp3) is 0.118. The number of carbonyl (C=O) groups is 2. The number of carbonyl (C=O) groups excluding carboxylic acids is 2. The fourth-order valence-corrected chi connectivity index (χ4v) is 2.27. The average molecular weight is 364 g/mol. The topological polar surface area (TPSA) is 70.6 Å². The van der Waals surface area contributed by atoms with E-state index < -0.39 is 0 Å². The van der Waals surface area contributed by atoms with Gasteiger partial charge in [-0.1, -0.05) is 47.5 Å². The molecule has 124 valence electrons. The number of para-hydroxylation sites is 1. The number of rotatable bonds is 6. The van der Waals surface area contributed by atoms with E-state index in [-0.39, 0.29) is 24.7 Å². The minimum Gasteiger partial charge on any atom is -0.326 e. The van der Waals surface area contributed by atoms with E-state index in [9.17, 15) is 9.59 Å². The van der Waals surface area contributed by atoms with Gasteiger partial charge < -0.3 is 5.32 Å². The van der Waals surface area contributed by atoms with Crippen molar-refractivity contribution in [2.24, 2.45) is 5.10 Å². The van der Waals surface area contributed by atoms with Crippen LogP contribution in [0, 0.1) is 0 Å². The lowest BCUT2D eigenvalue weighted by atomic mass is 10.2. The molecule has 0 saturated carbocycles. The van der Waals surface area contributed by atoms with Gasteiger partial charge in [0.25, 0.3) is 0 Å². The van der Waals surface area contributed by atoms with Crippen molar-refractivity contribution >= 4 is 46.9 Å². The van der Waals surface area contributed by atoms with Crippen LogP contribution in [0.1, 0.15) is 18.4 Å². The summed E-state index contributed by atoms with van der Waals surface area (Å²) in [4.78, 5) is 23.4. The monoisotopic (exact) mass is 363 g/mol. The molecule has 2 aromatic carbocycles. The number of amides is 2. The number of hydrogen-bond acceptors (Lipinski definition) is 3. The average Bonchev–Trinajstić information content (AvgIpc) is 2.56. The fourth-order valence-electron chi connectivity index (χ4n) is 1.81. The lowest BCUT2D eigenvalue weighted by Gasteiger charge is -2.04. The highest BCUT2D eigenvalue weighted by Gasteiger charge is 2.06. The second kappa shape index (κ2) is 9.05. The van der Waals surface area contributed by atoms with Crippen LogP contribution in [0.15, 0.2) is 53.6 Å². The molecule has 0 aliphatic rings. The van der Waals surface area contributed by atoms with E-state index in [0.29, 0.717) is 21.3 Å². The van der Waals surface area contributed by atoms with E-state index in [1.807, 2.05) is 18.2 Å². The van der Waals surface area contributed by atoms with Crippen molar-refractivity contribution < 1.29 is 9.59 Å². The van der Waals surface area contributed by atoms with Crippen molar-refractivity contribution in [1.82, 2.24) is 5.43 Å². The van der Waals surface area contributed by atoms with Gasteiger partial charge >= 0.3 is 0 Å². The second-order valence-electron chi connectivity index (χ2n) is 4.87. The second-order valence-corrected chi connectivity index (χ2v) is 5.72. The van der Waals surface area contributed by atoms with Gasteiger partial charge in [-0.3, -0.25) is 9.59 Å². The zero-order valence-electron chi connectivity index (χ0n) is 12.6. The third-order valence-electron chi connectivity index (χ3n) is 2.99. The van der Waals surface area contributed by atoms with Crippen LogP contribution in [0.3, 0.4) is 0 Å². The van der Waals surface area contributed by atoms with Crippen LogP contribution in [0.2, 0.25) is 10.0 Å². The van der Waals surface area contributed by atoms with Gasteiger partial charge in [-0.15, -0.1) is 0 Å². The molecule has 0 aromatic heterocycles. The first-order valence-electron chi connectivity index (χ1n) is 7.16. The van der Waals surface area contributed by atoms with Crippen LogP contribution in [-0.2, 0) is 9.59 Å². The molecule has 0 atom stereocenters. The Labute approximate surface area is 149 Å². The molecule has 2 rings (SSSR count). The molecule has 0 heterocycles. The number of benzene rings is 2. The molecule has 0 unspecified atom stereocenters. The van der Waals surface area contributed by atoms with Crippen LogP contribution in [-0.4, -0.2) is 18.0 Å². The van der Waals surface area contributed by atoms with Crippen molar-refractivity contribution in [3.63, 3.8) is 0 Å². The first-order valence-corrected chi connectivity index (χ1v) is 7.92. The Morgan fingerprint density at radius 2 is 1.71 bits per heavy atom. The van der Waals surface area contributed by atoms with Crippen molar-refractivity contribution in [3.8, 4) is 0 Å². The summed E-state index contributed by atoms with van der Waals surface area (Å²) in [7, 11) is 0. The lowest BCUT2D eigenvalue weighted by Crippen LogP contribution is -2.20.